The van der Waals surface area contributed by atoms with Crippen molar-refractivity contribution in [3.63, 3.8) is 0 Å². The zero-order valence-electron chi connectivity index (χ0n) is 16.6. The molecule has 1 aromatic rings. The lowest BCUT2D eigenvalue weighted by Crippen LogP contribution is -2.42. The second-order valence-corrected chi connectivity index (χ2v) is 7.06. The van der Waals surface area contributed by atoms with Crippen LogP contribution in [0.5, 0.6) is 5.75 Å². The monoisotopic (exact) mass is 391 g/mol. The summed E-state index contributed by atoms with van der Waals surface area (Å²) in [6.45, 7) is 3.98. The van der Waals surface area contributed by atoms with Gasteiger partial charge in [0, 0.05) is 6.42 Å². The van der Waals surface area contributed by atoms with Crippen LogP contribution in [-0.2, 0) is 16.1 Å². The van der Waals surface area contributed by atoms with Gasteiger partial charge in [-0.1, -0.05) is 32.4 Å². The summed E-state index contributed by atoms with van der Waals surface area (Å²) < 4.78 is 5.10. The Hall–Kier alpha value is -2.61. The maximum absolute atomic E-state index is 12.5. The van der Waals surface area contributed by atoms with Gasteiger partial charge in [-0.05, 0) is 30.0 Å². The molecule has 1 heterocycles. The van der Waals surface area contributed by atoms with Gasteiger partial charge < -0.3 is 20.5 Å². The van der Waals surface area contributed by atoms with Crippen LogP contribution in [0.1, 0.15) is 38.7 Å². The number of nitrogens with one attached hydrogen (secondary N) is 2. The van der Waals surface area contributed by atoms with Gasteiger partial charge >= 0.3 is 6.03 Å². The van der Waals surface area contributed by atoms with E-state index in [0.717, 1.165) is 16.9 Å². The fraction of sp³-hybridized carbons (Fsp3) is 0.550. The third kappa shape index (κ3) is 5.45. The molecular formula is C20H29N3O5. The Morgan fingerprint density at radius 3 is 2.57 bits per heavy atom. The number of hydrogen-bond donors (Lipinski definition) is 3. The fourth-order valence-electron chi connectivity index (χ4n) is 3.04. The lowest BCUT2D eigenvalue weighted by atomic mass is 9.99. The Morgan fingerprint density at radius 1 is 1.32 bits per heavy atom. The van der Waals surface area contributed by atoms with E-state index in [9.17, 15) is 19.5 Å². The SMILES string of the molecule is CC[C@H](C)[C@@H](CO)NC(=O)CC[C@H]1NC(=O)N(Cc2ccc(OC)cc2)C1=O. The van der Waals surface area contributed by atoms with Crippen molar-refractivity contribution in [1.82, 2.24) is 15.5 Å². The average Bonchev–Trinajstić information content (AvgIpc) is 2.97. The van der Waals surface area contributed by atoms with Crippen molar-refractivity contribution in [2.45, 2.75) is 51.7 Å². The van der Waals surface area contributed by atoms with Crippen LogP contribution in [0.25, 0.3) is 0 Å². The second-order valence-electron chi connectivity index (χ2n) is 7.06. The highest BCUT2D eigenvalue weighted by Gasteiger charge is 2.37. The summed E-state index contributed by atoms with van der Waals surface area (Å²) in [5.41, 5.74) is 0.807. The Bertz CT molecular complexity index is 692. The van der Waals surface area contributed by atoms with E-state index in [2.05, 4.69) is 10.6 Å². The predicted molar refractivity (Wildman–Crippen MR) is 104 cm³/mol. The van der Waals surface area contributed by atoms with Gasteiger partial charge in [0.2, 0.25) is 5.91 Å². The topological polar surface area (TPSA) is 108 Å². The number of nitrogens with zero attached hydrogens (tertiary/aromatic N) is 1. The van der Waals surface area contributed by atoms with Gasteiger partial charge in [-0.2, -0.15) is 0 Å². The molecule has 8 heteroatoms. The highest BCUT2D eigenvalue weighted by molar-refractivity contribution is 6.04. The van der Waals surface area contributed by atoms with Crippen LogP contribution in [0.15, 0.2) is 24.3 Å². The highest BCUT2D eigenvalue weighted by Crippen LogP contribution is 2.17. The minimum atomic E-state index is -0.715. The normalized spacial score (nSPS) is 18.6. The maximum Gasteiger partial charge on any atom is 0.325 e. The summed E-state index contributed by atoms with van der Waals surface area (Å²) in [6.07, 6.45) is 1.15. The molecule has 0 unspecified atom stereocenters. The first-order valence-corrected chi connectivity index (χ1v) is 9.54. The molecule has 28 heavy (non-hydrogen) atoms. The first-order chi connectivity index (χ1) is 13.4. The molecule has 1 fully saturated rings. The number of carbonyl (C=O) groups excluding carboxylic acids is 3. The Kier molecular flexibility index (Phi) is 7.80. The third-order valence-corrected chi connectivity index (χ3v) is 5.14. The number of aliphatic hydroxyl groups excluding tert-OH is 1. The van der Waals surface area contributed by atoms with Gasteiger partial charge in [-0.25, -0.2) is 4.79 Å². The maximum atomic E-state index is 12.5. The Labute approximate surface area is 165 Å². The van der Waals surface area contributed by atoms with Crippen LogP contribution in [0.2, 0.25) is 0 Å². The molecule has 3 N–H and O–H groups in total. The number of carbonyl (C=O) groups is 3. The zero-order chi connectivity index (χ0) is 20.7. The molecule has 4 amide bonds. The van der Waals surface area contributed by atoms with E-state index >= 15 is 0 Å². The Morgan fingerprint density at radius 2 is 2.00 bits per heavy atom. The van der Waals surface area contributed by atoms with Crippen LogP contribution < -0.4 is 15.4 Å². The summed E-state index contributed by atoms with van der Waals surface area (Å²) in [6, 6.07) is 5.65. The molecule has 3 atom stereocenters. The van der Waals surface area contributed by atoms with Crippen LogP contribution in [-0.4, -0.2) is 53.7 Å². The minimum absolute atomic E-state index is 0.0972. The third-order valence-electron chi connectivity index (χ3n) is 5.14. The van der Waals surface area contributed by atoms with Crippen molar-refractivity contribution in [2.24, 2.45) is 5.92 Å². The van der Waals surface area contributed by atoms with Gasteiger partial charge in [0.15, 0.2) is 0 Å². The molecule has 0 bridgehead atoms. The summed E-state index contributed by atoms with van der Waals surface area (Å²) in [5.74, 6) is 0.273. The molecule has 1 saturated heterocycles. The summed E-state index contributed by atoms with van der Waals surface area (Å²) in [7, 11) is 1.57. The largest absolute Gasteiger partial charge is 0.497 e. The van der Waals surface area contributed by atoms with Crippen LogP contribution in [0.3, 0.4) is 0 Å². The van der Waals surface area contributed by atoms with Crippen LogP contribution in [0.4, 0.5) is 4.79 Å². The fourth-order valence-corrected chi connectivity index (χ4v) is 3.04. The van der Waals surface area contributed by atoms with Gasteiger partial charge in [0.1, 0.15) is 11.8 Å². The number of imide groups is 1. The van der Waals surface area contributed by atoms with Crippen molar-refractivity contribution >= 4 is 17.8 Å². The van der Waals surface area contributed by atoms with E-state index in [0.29, 0.717) is 5.75 Å². The number of aliphatic hydroxyl groups is 1. The first-order valence-electron chi connectivity index (χ1n) is 9.54. The number of amides is 4. The lowest BCUT2D eigenvalue weighted by molar-refractivity contribution is -0.128. The van der Waals surface area contributed by atoms with E-state index in [-0.39, 0.29) is 49.8 Å². The van der Waals surface area contributed by atoms with E-state index in [4.69, 9.17) is 4.74 Å². The molecule has 0 spiro atoms. The van der Waals surface area contributed by atoms with Crippen molar-refractivity contribution in [1.29, 1.82) is 0 Å². The number of methoxy groups -OCH3 is 1. The quantitative estimate of drug-likeness (QED) is 0.523. The van der Waals surface area contributed by atoms with Crippen LogP contribution >= 0.6 is 0 Å². The van der Waals surface area contributed by atoms with Crippen LogP contribution in [0, 0.1) is 5.92 Å². The second kappa shape index (κ2) is 10.1. The minimum Gasteiger partial charge on any atom is -0.497 e. The molecule has 2 rings (SSSR count). The lowest BCUT2D eigenvalue weighted by Gasteiger charge is -2.22. The Balaban J connectivity index is 1.87. The summed E-state index contributed by atoms with van der Waals surface area (Å²) in [4.78, 5) is 38.0. The summed E-state index contributed by atoms with van der Waals surface area (Å²) in [5, 5.41) is 14.8. The highest BCUT2D eigenvalue weighted by atomic mass is 16.5. The van der Waals surface area contributed by atoms with E-state index in [1.807, 2.05) is 13.8 Å². The number of benzene rings is 1. The first kappa shape index (κ1) is 21.7. The van der Waals surface area contributed by atoms with Gasteiger partial charge in [0.05, 0.1) is 26.3 Å². The molecule has 1 aromatic carbocycles. The molecule has 0 radical (unpaired) electrons. The smallest absolute Gasteiger partial charge is 0.325 e. The standard InChI is InChI=1S/C20H29N3O5/c1-4-13(2)17(12-24)21-18(25)10-9-16-19(26)23(20(27)22-16)11-14-5-7-15(28-3)8-6-14/h5-8,13,16-17,24H,4,9-12H2,1-3H3,(H,21,25)(H,22,27)/t13-,16+,17+/m0/s1. The number of ether oxygens (including phenoxy) is 1. The zero-order valence-corrected chi connectivity index (χ0v) is 16.6. The molecule has 0 saturated carbocycles. The summed E-state index contributed by atoms with van der Waals surface area (Å²) >= 11 is 0. The van der Waals surface area contributed by atoms with Crippen molar-refractivity contribution in [3.05, 3.63) is 29.8 Å². The number of hydrogen-bond acceptors (Lipinski definition) is 5. The molecular weight excluding hydrogens is 362 g/mol. The molecule has 0 aromatic heterocycles. The molecule has 154 valence electrons. The number of urea groups is 1. The molecule has 0 aliphatic carbocycles. The van der Waals surface area contributed by atoms with E-state index in [1.54, 1.807) is 31.4 Å². The van der Waals surface area contributed by atoms with E-state index in [1.165, 1.54) is 0 Å². The predicted octanol–water partition coefficient (Wildman–Crippen LogP) is 1.42. The van der Waals surface area contributed by atoms with Gasteiger partial charge in [-0.15, -0.1) is 0 Å². The van der Waals surface area contributed by atoms with Gasteiger partial charge in [-0.3, -0.25) is 14.5 Å². The molecule has 8 nitrogen and oxygen atoms in total. The van der Waals surface area contributed by atoms with Crippen molar-refractivity contribution < 1.29 is 24.2 Å². The number of rotatable bonds is 10. The van der Waals surface area contributed by atoms with Gasteiger partial charge in [0.25, 0.3) is 5.91 Å². The molecule has 1 aliphatic heterocycles. The van der Waals surface area contributed by atoms with E-state index < -0.39 is 12.1 Å². The molecule has 1 aliphatic rings. The average molecular weight is 391 g/mol. The van der Waals surface area contributed by atoms with Crippen molar-refractivity contribution in [3.8, 4) is 5.75 Å². The van der Waals surface area contributed by atoms with Crippen molar-refractivity contribution in [2.75, 3.05) is 13.7 Å².